The van der Waals surface area contributed by atoms with Gasteiger partial charge in [0.1, 0.15) is 0 Å². The van der Waals surface area contributed by atoms with Gasteiger partial charge in [-0.05, 0) is 19.3 Å². The number of nitrogens with one attached hydrogen (secondary N) is 1. The Labute approximate surface area is 85.6 Å². The number of amidine groups is 1. The minimum atomic E-state index is 0.529. The first-order valence-electron chi connectivity index (χ1n) is 5.10. The maximum atomic E-state index is 4.60. The molecule has 0 saturated carbocycles. The van der Waals surface area contributed by atoms with Crippen LogP contribution >= 0.6 is 11.8 Å². The van der Waals surface area contributed by atoms with E-state index in [1.54, 1.807) is 0 Å². The quantitative estimate of drug-likeness (QED) is 0.757. The Hall–Kier alpha value is -0.180. The van der Waals surface area contributed by atoms with Gasteiger partial charge < -0.3 is 5.32 Å². The maximum Gasteiger partial charge on any atom is 0.157 e. The molecule has 1 heterocycles. The normalized spacial score (nSPS) is 24.7. The lowest BCUT2D eigenvalue weighted by Crippen LogP contribution is -2.33. The zero-order valence-corrected chi connectivity index (χ0v) is 9.82. The number of hydrogen-bond acceptors (Lipinski definition) is 3. The smallest absolute Gasteiger partial charge is 0.157 e. The van der Waals surface area contributed by atoms with Gasteiger partial charge in [0.05, 0.1) is 6.04 Å². The van der Waals surface area contributed by atoms with Crippen LogP contribution in [0.25, 0.3) is 0 Å². The van der Waals surface area contributed by atoms with Crippen molar-refractivity contribution in [2.45, 2.75) is 46.2 Å². The van der Waals surface area contributed by atoms with Crippen LogP contribution in [0.2, 0.25) is 0 Å². The molecule has 2 unspecified atom stereocenters. The predicted octanol–water partition coefficient (Wildman–Crippen LogP) is 2.50. The van der Waals surface area contributed by atoms with E-state index in [0.29, 0.717) is 18.0 Å². The van der Waals surface area contributed by atoms with Crippen LogP contribution in [0.3, 0.4) is 0 Å². The molecule has 1 N–H and O–H groups in total. The number of nitrogens with zero attached hydrogens (tertiary/aromatic N) is 1. The van der Waals surface area contributed by atoms with Gasteiger partial charge >= 0.3 is 0 Å². The largest absolute Gasteiger partial charge is 0.362 e. The summed E-state index contributed by atoms with van der Waals surface area (Å²) in [5.41, 5.74) is 0. The Bertz CT molecular complexity index is 189. The highest BCUT2D eigenvalue weighted by molar-refractivity contribution is 8.14. The van der Waals surface area contributed by atoms with Crippen molar-refractivity contribution in [2.75, 3.05) is 5.75 Å². The van der Waals surface area contributed by atoms with E-state index >= 15 is 0 Å². The van der Waals surface area contributed by atoms with Gasteiger partial charge in [0.2, 0.25) is 0 Å². The molecule has 0 aromatic rings. The molecule has 1 aliphatic heterocycles. The fraction of sp³-hybridized carbons (Fsp3) is 0.900. The van der Waals surface area contributed by atoms with Crippen LogP contribution in [0.1, 0.15) is 34.1 Å². The molecule has 0 bridgehead atoms. The summed E-state index contributed by atoms with van der Waals surface area (Å²) in [7, 11) is 0. The van der Waals surface area contributed by atoms with E-state index in [4.69, 9.17) is 0 Å². The first-order valence-corrected chi connectivity index (χ1v) is 6.09. The zero-order valence-electron chi connectivity index (χ0n) is 9.00. The molecule has 0 aromatic carbocycles. The summed E-state index contributed by atoms with van der Waals surface area (Å²) in [6.07, 6.45) is 1.16. The third-order valence-corrected chi connectivity index (χ3v) is 3.58. The van der Waals surface area contributed by atoms with E-state index in [9.17, 15) is 0 Å². The molecule has 0 fully saturated rings. The molecule has 76 valence electrons. The van der Waals surface area contributed by atoms with Crippen molar-refractivity contribution >= 4 is 16.9 Å². The van der Waals surface area contributed by atoms with Crippen LogP contribution in [0.4, 0.5) is 0 Å². The molecule has 0 spiro atoms. The Morgan fingerprint density at radius 1 is 1.54 bits per heavy atom. The van der Waals surface area contributed by atoms with E-state index in [0.717, 1.165) is 17.3 Å². The van der Waals surface area contributed by atoms with Gasteiger partial charge in [-0.1, -0.05) is 32.5 Å². The van der Waals surface area contributed by atoms with Crippen LogP contribution < -0.4 is 5.32 Å². The molecule has 1 rings (SSSR count). The van der Waals surface area contributed by atoms with E-state index in [2.05, 4.69) is 38.0 Å². The summed E-state index contributed by atoms with van der Waals surface area (Å²) in [6.45, 7) is 8.88. The predicted molar refractivity (Wildman–Crippen MR) is 61.4 cm³/mol. The van der Waals surface area contributed by atoms with Crippen molar-refractivity contribution in [3.63, 3.8) is 0 Å². The zero-order chi connectivity index (χ0) is 9.84. The standard InChI is InChI=1S/C10H20N2S/c1-5-9-6-13-10(12-9)11-8(4)7(2)3/h7-9H,5-6H2,1-4H3,(H,11,12). The Balaban J connectivity index is 2.38. The minimum Gasteiger partial charge on any atom is -0.362 e. The van der Waals surface area contributed by atoms with Crippen LogP contribution in [0, 0.1) is 5.92 Å². The van der Waals surface area contributed by atoms with Gasteiger partial charge in [-0.15, -0.1) is 0 Å². The second-order valence-corrected chi connectivity index (χ2v) is 4.99. The lowest BCUT2D eigenvalue weighted by Gasteiger charge is -2.17. The van der Waals surface area contributed by atoms with Crippen molar-refractivity contribution in [2.24, 2.45) is 10.9 Å². The Morgan fingerprint density at radius 3 is 2.69 bits per heavy atom. The Kier molecular flexibility index (Phi) is 4.10. The number of hydrogen-bond donors (Lipinski definition) is 1. The highest BCUT2D eigenvalue weighted by atomic mass is 32.2. The third kappa shape index (κ3) is 3.22. The molecular formula is C10H20N2S. The molecule has 0 amide bonds. The topological polar surface area (TPSA) is 24.4 Å². The van der Waals surface area contributed by atoms with Crippen molar-refractivity contribution in [1.82, 2.24) is 5.32 Å². The SMILES string of the molecule is CCC1CSC(NC(C)C(C)C)=N1. The summed E-state index contributed by atoms with van der Waals surface area (Å²) < 4.78 is 0. The van der Waals surface area contributed by atoms with Gasteiger partial charge in [-0.2, -0.15) is 0 Å². The van der Waals surface area contributed by atoms with E-state index in [1.165, 1.54) is 0 Å². The molecule has 1 aliphatic rings. The van der Waals surface area contributed by atoms with Gasteiger partial charge in [0.15, 0.2) is 5.17 Å². The maximum absolute atomic E-state index is 4.60. The molecule has 13 heavy (non-hydrogen) atoms. The van der Waals surface area contributed by atoms with Crippen LogP contribution in [0.15, 0.2) is 4.99 Å². The van der Waals surface area contributed by atoms with Crippen molar-refractivity contribution in [3.8, 4) is 0 Å². The summed E-state index contributed by atoms with van der Waals surface area (Å²) in [6, 6.07) is 1.08. The summed E-state index contributed by atoms with van der Waals surface area (Å²) in [4.78, 5) is 4.60. The van der Waals surface area contributed by atoms with E-state index in [1.807, 2.05) is 11.8 Å². The molecule has 2 atom stereocenters. The monoisotopic (exact) mass is 200 g/mol. The third-order valence-electron chi connectivity index (χ3n) is 2.53. The highest BCUT2D eigenvalue weighted by Gasteiger charge is 2.18. The average molecular weight is 200 g/mol. The van der Waals surface area contributed by atoms with Crippen molar-refractivity contribution < 1.29 is 0 Å². The molecule has 3 heteroatoms. The summed E-state index contributed by atoms with van der Waals surface area (Å²) in [5, 5.41) is 4.60. The highest BCUT2D eigenvalue weighted by Crippen LogP contribution is 2.19. The molecule has 0 saturated heterocycles. The first-order chi connectivity index (χ1) is 6.13. The van der Waals surface area contributed by atoms with Gasteiger partial charge in [0, 0.05) is 11.8 Å². The lowest BCUT2D eigenvalue weighted by atomic mass is 10.1. The molecular weight excluding hydrogens is 180 g/mol. The van der Waals surface area contributed by atoms with Crippen molar-refractivity contribution in [3.05, 3.63) is 0 Å². The van der Waals surface area contributed by atoms with Crippen molar-refractivity contribution in [1.29, 1.82) is 0 Å². The van der Waals surface area contributed by atoms with Gasteiger partial charge in [0.25, 0.3) is 0 Å². The van der Waals surface area contributed by atoms with E-state index < -0.39 is 0 Å². The minimum absolute atomic E-state index is 0.529. The molecule has 0 aliphatic carbocycles. The fourth-order valence-corrected chi connectivity index (χ4v) is 2.22. The number of thioether (sulfide) groups is 1. The second-order valence-electron chi connectivity index (χ2n) is 3.98. The molecule has 2 nitrogen and oxygen atoms in total. The van der Waals surface area contributed by atoms with Gasteiger partial charge in [-0.25, -0.2) is 0 Å². The fourth-order valence-electron chi connectivity index (χ4n) is 1.06. The average Bonchev–Trinajstić information content (AvgIpc) is 2.52. The molecule has 0 radical (unpaired) electrons. The first kappa shape index (κ1) is 10.9. The summed E-state index contributed by atoms with van der Waals surface area (Å²) >= 11 is 1.86. The molecule has 0 aromatic heterocycles. The number of rotatable bonds is 3. The Morgan fingerprint density at radius 2 is 2.23 bits per heavy atom. The summed E-state index contributed by atoms with van der Waals surface area (Å²) in [5.74, 6) is 1.83. The second kappa shape index (κ2) is 4.89. The van der Waals surface area contributed by atoms with Crippen LogP contribution in [-0.4, -0.2) is 23.0 Å². The van der Waals surface area contributed by atoms with E-state index in [-0.39, 0.29) is 0 Å². The lowest BCUT2D eigenvalue weighted by molar-refractivity contribution is 0.489. The van der Waals surface area contributed by atoms with Gasteiger partial charge in [-0.3, -0.25) is 4.99 Å². The van der Waals surface area contributed by atoms with Crippen LogP contribution in [-0.2, 0) is 0 Å². The number of aliphatic imine (C=N–C) groups is 1. The van der Waals surface area contributed by atoms with Crippen LogP contribution in [0.5, 0.6) is 0 Å².